The molecule has 3 aromatic rings. The number of imidazole rings is 1. The van der Waals surface area contributed by atoms with Gasteiger partial charge in [-0.15, -0.1) is 0 Å². The van der Waals surface area contributed by atoms with Gasteiger partial charge in [-0.2, -0.15) is 4.98 Å². The molecule has 28 heavy (non-hydrogen) atoms. The van der Waals surface area contributed by atoms with E-state index in [9.17, 15) is 4.79 Å². The van der Waals surface area contributed by atoms with E-state index in [1.54, 1.807) is 19.5 Å². The van der Waals surface area contributed by atoms with Crippen LogP contribution in [0.3, 0.4) is 0 Å². The molecule has 1 N–H and O–H groups in total. The van der Waals surface area contributed by atoms with Crippen LogP contribution in [0.5, 0.6) is 0 Å². The number of H-pyrrole nitrogens is 1. The summed E-state index contributed by atoms with van der Waals surface area (Å²) in [7, 11) is 1.59. The fourth-order valence-electron chi connectivity index (χ4n) is 3.21. The van der Waals surface area contributed by atoms with Crippen LogP contribution in [0.1, 0.15) is 22.1 Å². The zero-order chi connectivity index (χ0) is 19.3. The molecule has 1 aliphatic rings. The van der Waals surface area contributed by atoms with Gasteiger partial charge in [0.2, 0.25) is 5.82 Å². The van der Waals surface area contributed by atoms with Crippen molar-refractivity contribution in [3.8, 4) is 11.4 Å². The lowest BCUT2D eigenvalue weighted by Crippen LogP contribution is -2.48. The number of aromatic nitrogens is 4. The lowest BCUT2D eigenvalue weighted by molar-refractivity contribution is 0.0617. The Morgan fingerprint density at radius 3 is 2.68 bits per heavy atom. The zero-order valence-corrected chi connectivity index (χ0v) is 15.7. The first-order valence-corrected chi connectivity index (χ1v) is 9.15. The van der Waals surface area contributed by atoms with Crippen LogP contribution in [0.15, 0.2) is 41.2 Å². The lowest BCUT2D eigenvalue weighted by atomic mass is 10.1. The average molecular weight is 382 g/mol. The maximum absolute atomic E-state index is 12.3. The van der Waals surface area contributed by atoms with Crippen LogP contribution in [-0.4, -0.2) is 69.1 Å². The minimum atomic E-state index is -0.0399. The van der Waals surface area contributed by atoms with E-state index >= 15 is 0 Å². The molecule has 9 heteroatoms. The van der Waals surface area contributed by atoms with Crippen LogP contribution in [0, 0.1) is 0 Å². The molecule has 0 spiro atoms. The van der Waals surface area contributed by atoms with Gasteiger partial charge < -0.3 is 19.1 Å². The smallest absolute Gasteiger partial charge is 0.289 e. The lowest BCUT2D eigenvalue weighted by Gasteiger charge is -2.34. The first-order chi connectivity index (χ1) is 13.7. The van der Waals surface area contributed by atoms with E-state index in [0.29, 0.717) is 37.2 Å². The van der Waals surface area contributed by atoms with Crippen LogP contribution in [-0.2, 0) is 17.9 Å². The predicted octanol–water partition coefficient (Wildman–Crippen LogP) is 1.56. The summed E-state index contributed by atoms with van der Waals surface area (Å²) in [4.78, 5) is 27.7. The van der Waals surface area contributed by atoms with Gasteiger partial charge >= 0.3 is 0 Å². The molecule has 1 amide bonds. The molecule has 1 saturated heterocycles. The molecule has 4 rings (SSSR count). The number of methoxy groups -OCH3 is 1. The number of aromatic amines is 1. The van der Waals surface area contributed by atoms with Gasteiger partial charge in [0.05, 0.1) is 0 Å². The maximum atomic E-state index is 12.3. The fourth-order valence-corrected chi connectivity index (χ4v) is 3.21. The third-order valence-electron chi connectivity index (χ3n) is 4.71. The van der Waals surface area contributed by atoms with Crippen molar-refractivity contribution in [3.63, 3.8) is 0 Å². The highest BCUT2D eigenvalue weighted by Crippen LogP contribution is 2.18. The first kappa shape index (κ1) is 18.3. The summed E-state index contributed by atoms with van der Waals surface area (Å²) >= 11 is 0. The fraction of sp³-hybridized carbons (Fsp3) is 0.368. The SMILES string of the molecule is COCc1nc(-c2ccc(CN3CCN(C(=O)c4ncc[nH]4)CC3)cc2)no1. The molecule has 0 unspecified atom stereocenters. The second kappa shape index (κ2) is 8.32. The summed E-state index contributed by atoms with van der Waals surface area (Å²) in [5.41, 5.74) is 2.11. The van der Waals surface area contributed by atoms with Gasteiger partial charge in [0, 0.05) is 57.8 Å². The van der Waals surface area contributed by atoms with E-state index in [1.165, 1.54) is 5.56 Å². The topological polar surface area (TPSA) is 100 Å². The minimum absolute atomic E-state index is 0.0399. The molecule has 0 saturated carbocycles. The number of hydrogen-bond donors (Lipinski definition) is 1. The first-order valence-electron chi connectivity index (χ1n) is 9.15. The van der Waals surface area contributed by atoms with Crippen molar-refractivity contribution in [2.45, 2.75) is 13.2 Å². The highest BCUT2D eigenvalue weighted by Gasteiger charge is 2.23. The molecule has 0 radical (unpaired) electrons. The van der Waals surface area contributed by atoms with Gasteiger partial charge in [-0.25, -0.2) is 4.98 Å². The summed E-state index contributed by atoms with van der Waals surface area (Å²) in [6, 6.07) is 8.13. The normalized spacial score (nSPS) is 15.1. The number of benzene rings is 1. The number of hydrogen-bond acceptors (Lipinski definition) is 7. The standard InChI is InChI=1S/C19H22N6O3/c1-27-13-16-22-17(23-28-16)15-4-2-14(3-5-15)12-24-8-10-25(11-9-24)19(26)18-20-6-7-21-18/h2-7H,8-13H2,1H3,(H,20,21). The molecule has 1 fully saturated rings. The number of nitrogens with one attached hydrogen (secondary N) is 1. The second-order valence-electron chi connectivity index (χ2n) is 6.65. The van der Waals surface area contributed by atoms with E-state index in [2.05, 4.69) is 37.1 Å². The molecule has 0 aliphatic carbocycles. The van der Waals surface area contributed by atoms with Crippen molar-refractivity contribution >= 4 is 5.91 Å². The van der Waals surface area contributed by atoms with Gasteiger partial charge in [0.15, 0.2) is 5.82 Å². The van der Waals surface area contributed by atoms with Crippen LogP contribution in [0.25, 0.3) is 11.4 Å². The number of amides is 1. The Morgan fingerprint density at radius 1 is 1.21 bits per heavy atom. The number of nitrogens with zero attached hydrogens (tertiary/aromatic N) is 5. The molecule has 0 bridgehead atoms. The van der Waals surface area contributed by atoms with Gasteiger partial charge in [-0.05, 0) is 5.56 Å². The Kier molecular flexibility index (Phi) is 5.45. The highest BCUT2D eigenvalue weighted by molar-refractivity contribution is 5.90. The van der Waals surface area contributed by atoms with Crippen molar-refractivity contribution in [1.82, 2.24) is 29.9 Å². The number of carbonyl (C=O) groups excluding carboxylic acids is 1. The maximum Gasteiger partial charge on any atom is 0.289 e. The van der Waals surface area contributed by atoms with Gasteiger partial charge in [-0.1, -0.05) is 29.4 Å². The molecule has 146 valence electrons. The predicted molar refractivity (Wildman–Crippen MR) is 100 cm³/mol. The van der Waals surface area contributed by atoms with Crippen LogP contribution >= 0.6 is 0 Å². The van der Waals surface area contributed by atoms with Gasteiger partial charge in [-0.3, -0.25) is 9.69 Å². The summed E-state index contributed by atoms with van der Waals surface area (Å²) in [6.07, 6.45) is 3.26. The highest BCUT2D eigenvalue weighted by atomic mass is 16.5. The molecule has 1 aromatic carbocycles. The van der Waals surface area contributed by atoms with E-state index in [1.807, 2.05) is 17.0 Å². The van der Waals surface area contributed by atoms with Crippen molar-refractivity contribution in [1.29, 1.82) is 0 Å². The van der Waals surface area contributed by atoms with E-state index in [0.717, 1.165) is 25.2 Å². The van der Waals surface area contributed by atoms with Crippen LogP contribution in [0.2, 0.25) is 0 Å². The van der Waals surface area contributed by atoms with Gasteiger partial charge in [0.1, 0.15) is 6.61 Å². The van der Waals surface area contributed by atoms with E-state index in [-0.39, 0.29) is 5.91 Å². The van der Waals surface area contributed by atoms with Crippen molar-refractivity contribution in [2.75, 3.05) is 33.3 Å². The van der Waals surface area contributed by atoms with E-state index in [4.69, 9.17) is 9.26 Å². The summed E-state index contributed by atoms with van der Waals surface area (Å²) < 4.78 is 10.1. The van der Waals surface area contributed by atoms with Crippen molar-refractivity contribution in [3.05, 3.63) is 53.9 Å². The van der Waals surface area contributed by atoms with Crippen molar-refractivity contribution < 1.29 is 14.1 Å². The Bertz CT molecular complexity index is 898. The monoisotopic (exact) mass is 382 g/mol. The Balaban J connectivity index is 1.31. The number of carbonyl (C=O) groups is 1. The minimum Gasteiger partial charge on any atom is -0.375 e. The Labute approximate surface area is 162 Å². The average Bonchev–Trinajstić information content (AvgIpc) is 3.41. The van der Waals surface area contributed by atoms with Crippen LogP contribution < -0.4 is 0 Å². The largest absolute Gasteiger partial charge is 0.375 e. The third-order valence-corrected chi connectivity index (χ3v) is 4.71. The van der Waals surface area contributed by atoms with Crippen LogP contribution in [0.4, 0.5) is 0 Å². The molecule has 1 aliphatic heterocycles. The number of piperazine rings is 1. The molecular weight excluding hydrogens is 360 g/mol. The number of rotatable bonds is 6. The third kappa shape index (κ3) is 4.10. The molecular formula is C19H22N6O3. The number of ether oxygens (including phenoxy) is 1. The zero-order valence-electron chi connectivity index (χ0n) is 15.7. The Hall–Kier alpha value is -3.04. The van der Waals surface area contributed by atoms with Crippen molar-refractivity contribution in [2.24, 2.45) is 0 Å². The molecule has 9 nitrogen and oxygen atoms in total. The van der Waals surface area contributed by atoms with Gasteiger partial charge in [0.25, 0.3) is 11.8 Å². The Morgan fingerprint density at radius 2 is 2.00 bits per heavy atom. The second-order valence-corrected chi connectivity index (χ2v) is 6.65. The molecule has 0 atom stereocenters. The van der Waals surface area contributed by atoms with E-state index < -0.39 is 0 Å². The summed E-state index contributed by atoms with van der Waals surface area (Å²) in [5, 5.41) is 3.97. The summed E-state index contributed by atoms with van der Waals surface area (Å²) in [6.45, 7) is 4.20. The molecule has 2 aromatic heterocycles. The quantitative estimate of drug-likeness (QED) is 0.690. The molecule has 3 heterocycles. The summed E-state index contributed by atoms with van der Waals surface area (Å²) in [5.74, 6) is 1.38.